The van der Waals surface area contributed by atoms with Gasteiger partial charge in [-0.05, 0) is 31.7 Å². The molecule has 2 aliphatic heterocycles. The highest BCUT2D eigenvalue weighted by atomic mass is 16.2. The minimum atomic E-state index is 0.207. The molecule has 1 aromatic heterocycles. The van der Waals surface area contributed by atoms with Crippen LogP contribution < -0.4 is 9.80 Å². The molecule has 2 saturated heterocycles. The molecule has 2 aliphatic rings. The molecule has 1 amide bonds. The lowest BCUT2D eigenvalue weighted by molar-refractivity contribution is -0.130. The van der Waals surface area contributed by atoms with Crippen molar-refractivity contribution in [1.82, 2.24) is 14.9 Å². The van der Waals surface area contributed by atoms with Crippen LogP contribution in [0, 0.1) is 6.92 Å². The molecule has 6 nitrogen and oxygen atoms in total. The topological polar surface area (TPSA) is 52.6 Å². The molecule has 0 spiro atoms. The second kappa shape index (κ2) is 8.59. The Kier molecular flexibility index (Phi) is 5.74. The first-order valence-corrected chi connectivity index (χ1v) is 10.4. The van der Waals surface area contributed by atoms with E-state index in [9.17, 15) is 4.79 Å². The third-order valence-electron chi connectivity index (χ3n) is 5.65. The second-order valence-electron chi connectivity index (χ2n) is 7.71. The minimum absolute atomic E-state index is 0.207. The maximum absolute atomic E-state index is 12.6. The predicted octanol–water partition coefficient (Wildman–Crippen LogP) is 2.67. The van der Waals surface area contributed by atoms with E-state index in [1.165, 1.54) is 19.3 Å². The van der Waals surface area contributed by atoms with E-state index in [1.54, 1.807) is 0 Å². The number of benzene rings is 1. The van der Waals surface area contributed by atoms with Crippen LogP contribution in [0.4, 0.5) is 11.6 Å². The second-order valence-corrected chi connectivity index (χ2v) is 7.71. The van der Waals surface area contributed by atoms with Crippen LogP contribution in [-0.4, -0.2) is 60.0 Å². The summed E-state index contributed by atoms with van der Waals surface area (Å²) in [7, 11) is 0. The van der Waals surface area contributed by atoms with Gasteiger partial charge in [0.25, 0.3) is 0 Å². The molecular weight excluding hydrogens is 350 g/mol. The van der Waals surface area contributed by atoms with Crippen LogP contribution in [0.25, 0.3) is 0 Å². The summed E-state index contributed by atoms with van der Waals surface area (Å²) in [6.45, 7) is 7.25. The molecule has 0 bridgehead atoms. The van der Waals surface area contributed by atoms with Gasteiger partial charge in [0.05, 0.1) is 6.42 Å². The van der Waals surface area contributed by atoms with E-state index in [4.69, 9.17) is 0 Å². The minimum Gasteiger partial charge on any atom is -0.356 e. The summed E-state index contributed by atoms with van der Waals surface area (Å²) in [5.74, 6) is 3.06. The Bertz CT molecular complexity index is 796. The standard InChI is InChI=1S/C22H29N5O/c1-18-23-20(25-10-6-3-7-11-25)17-21(24-18)26-12-14-27(15-13-26)22(28)16-19-8-4-2-5-9-19/h2,4-5,8-9,17H,3,6-7,10-16H2,1H3. The molecule has 28 heavy (non-hydrogen) atoms. The van der Waals surface area contributed by atoms with Gasteiger partial charge in [-0.1, -0.05) is 30.3 Å². The third-order valence-corrected chi connectivity index (χ3v) is 5.65. The molecule has 0 aliphatic carbocycles. The first-order valence-electron chi connectivity index (χ1n) is 10.4. The first kappa shape index (κ1) is 18.7. The summed E-state index contributed by atoms with van der Waals surface area (Å²) in [6, 6.07) is 12.1. The Hall–Kier alpha value is -2.63. The Morgan fingerprint density at radius 1 is 0.857 bits per heavy atom. The number of piperidine rings is 1. The molecular formula is C22H29N5O. The smallest absolute Gasteiger partial charge is 0.227 e. The van der Waals surface area contributed by atoms with Crippen LogP contribution in [0.15, 0.2) is 36.4 Å². The highest BCUT2D eigenvalue weighted by molar-refractivity contribution is 5.79. The number of anilines is 2. The Labute approximate surface area is 167 Å². The number of aromatic nitrogens is 2. The summed E-state index contributed by atoms with van der Waals surface area (Å²) in [6.07, 6.45) is 4.26. The van der Waals surface area contributed by atoms with Crippen molar-refractivity contribution < 1.29 is 4.79 Å². The van der Waals surface area contributed by atoms with E-state index in [0.717, 1.165) is 62.3 Å². The van der Waals surface area contributed by atoms with E-state index in [2.05, 4.69) is 25.8 Å². The zero-order chi connectivity index (χ0) is 19.3. The number of aryl methyl sites for hydroxylation is 1. The van der Waals surface area contributed by atoms with Gasteiger partial charge in [-0.25, -0.2) is 9.97 Å². The summed E-state index contributed by atoms with van der Waals surface area (Å²) in [4.78, 5) is 28.6. The van der Waals surface area contributed by atoms with Gasteiger partial charge < -0.3 is 14.7 Å². The number of carbonyl (C=O) groups excluding carboxylic acids is 1. The molecule has 1 aromatic carbocycles. The molecule has 2 aromatic rings. The lowest BCUT2D eigenvalue weighted by Crippen LogP contribution is -2.49. The summed E-state index contributed by atoms with van der Waals surface area (Å²) < 4.78 is 0. The van der Waals surface area contributed by atoms with Gasteiger partial charge in [-0.2, -0.15) is 0 Å². The Morgan fingerprint density at radius 3 is 2.11 bits per heavy atom. The molecule has 0 unspecified atom stereocenters. The van der Waals surface area contributed by atoms with Crippen LogP contribution in [0.2, 0.25) is 0 Å². The number of rotatable bonds is 4. The molecule has 0 atom stereocenters. The number of nitrogens with zero attached hydrogens (tertiary/aromatic N) is 5. The first-order chi connectivity index (χ1) is 13.7. The highest BCUT2D eigenvalue weighted by Crippen LogP contribution is 2.23. The van der Waals surface area contributed by atoms with Crippen LogP contribution >= 0.6 is 0 Å². The van der Waals surface area contributed by atoms with Gasteiger partial charge in [0.15, 0.2) is 0 Å². The fourth-order valence-electron chi connectivity index (χ4n) is 4.05. The van der Waals surface area contributed by atoms with Crippen molar-refractivity contribution in [3.05, 3.63) is 47.8 Å². The number of amides is 1. The average Bonchev–Trinajstić information content (AvgIpc) is 2.75. The maximum atomic E-state index is 12.6. The van der Waals surface area contributed by atoms with E-state index >= 15 is 0 Å². The maximum Gasteiger partial charge on any atom is 0.227 e. The molecule has 3 heterocycles. The van der Waals surface area contributed by atoms with E-state index < -0.39 is 0 Å². The zero-order valence-corrected chi connectivity index (χ0v) is 16.7. The average molecular weight is 380 g/mol. The van der Waals surface area contributed by atoms with Gasteiger partial charge in [0, 0.05) is 45.3 Å². The lowest BCUT2D eigenvalue weighted by Gasteiger charge is -2.36. The number of hydrogen-bond donors (Lipinski definition) is 0. The van der Waals surface area contributed by atoms with Crippen LogP contribution in [-0.2, 0) is 11.2 Å². The van der Waals surface area contributed by atoms with Gasteiger partial charge in [0.1, 0.15) is 17.5 Å². The van der Waals surface area contributed by atoms with Crippen molar-refractivity contribution in [2.75, 3.05) is 49.1 Å². The van der Waals surface area contributed by atoms with Crippen molar-refractivity contribution in [3.8, 4) is 0 Å². The van der Waals surface area contributed by atoms with E-state index in [1.807, 2.05) is 42.2 Å². The third kappa shape index (κ3) is 4.43. The predicted molar refractivity (Wildman–Crippen MR) is 112 cm³/mol. The molecule has 2 fully saturated rings. The van der Waals surface area contributed by atoms with E-state index in [-0.39, 0.29) is 5.91 Å². The van der Waals surface area contributed by atoms with Gasteiger partial charge in [-0.15, -0.1) is 0 Å². The number of carbonyl (C=O) groups is 1. The summed E-state index contributed by atoms with van der Waals surface area (Å²) >= 11 is 0. The fourth-order valence-corrected chi connectivity index (χ4v) is 4.05. The van der Waals surface area contributed by atoms with Crippen molar-refractivity contribution in [2.24, 2.45) is 0 Å². The van der Waals surface area contributed by atoms with Crippen LogP contribution in [0.5, 0.6) is 0 Å². The molecule has 0 N–H and O–H groups in total. The molecule has 4 rings (SSSR count). The zero-order valence-electron chi connectivity index (χ0n) is 16.7. The van der Waals surface area contributed by atoms with E-state index in [0.29, 0.717) is 6.42 Å². The monoisotopic (exact) mass is 379 g/mol. The highest BCUT2D eigenvalue weighted by Gasteiger charge is 2.23. The Balaban J connectivity index is 1.38. The van der Waals surface area contributed by atoms with Crippen molar-refractivity contribution in [1.29, 1.82) is 0 Å². The summed E-state index contributed by atoms with van der Waals surface area (Å²) in [5, 5.41) is 0. The van der Waals surface area contributed by atoms with Gasteiger partial charge in [-0.3, -0.25) is 4.79 Å². The molecule has 148 valence electrons. The largest absolute Gasteiger partial charge is 0.356 e. The lowest BCUT2D eigenvalue weighted by atomic mass is 10.1. The normalized spacial score (nSPS) is 17.7. The van der Waals surface area contributed by atoms with Crippen molar-refractivity contribution in [3.63, 3.8) is 0 Å². The number of piperazine rings is 1. The SMILES string of the molecule is Cc1nc(N2CCCCC2)cc(N2CCN(C(=O)Cc3ccccc3)CC2)n1. The summed E-state index contributed by atoms with van der Waals surface area (Å²) in [5.41, 5.74) is 1.08. The molecule has 0 saturated carbocycles. The van der Waals surface area contributed by atoms with Crippen molar-refractivity contribution >= 4 is 17.5 Å². The van der Waals surface area contributed by atoms with Crippen molar-refractivity contribution in [2.45, 2.75) is 32.6 Å². The van der Waals surface area contributed by atoms with Gasteiger partial charge in [0.2, 0.25) is 5.91 Å². The quantitative estimate of drug-likeness (QED) is 0.818. The molecule has 0 radical (unpaired) electrons. The van der Waals surface area contributed by atoms with Crippen LogP contribution in [0.1, 0.15) is 30.7 Å². The molecule has 6 heteroatoms. The fraction of sp³-hybridized carbons (Fsp3) is 0.500. The van der Waals surface area contributed by atoms with Crippen LogP contribution in [0.3, 0.4) is 0 Å². The Morgan fingerprint density at radius 2 is 1.46 bits per heavy atom. The number of hydrogen-bond acceptors (Lipinski definition) is 5. The van der Waals surface area contributed by atoms with Gasteiger partial charge >= 0.3 is 0 Å².